The monoisotopic (exact) mass is 293 g/mol. The summed E-state index contributed by atoms with van der Waals surface area (Å²) in [4.78, 5) is 10.6. The molecule has 0 saturated carbocycles. The highest BCUT2D eigenvalue weighted by Crippen LogP contribution is 2.18. The summed E-state index contributed by atoms with van der Waals surface area (Å²) < 4.78 is 36.6. The zero-order valence-corrected chi connectivity index (χ0v) is 9.52. The molecule has 0 aliphatic rings. The van der Waals surface area contributed by atoms with Gasteiger partial charge in [0.25, 0.3) is 0 Å². The van der Waals surface area contributed by atoms with Gasteiger partial charge in [0.2, 0.25) is 0 Å². The molecule has 0 aliphatic carbocycles. The molecule has 1 amide bonds. The molecule has 0 radical (unpaired) electrons. The van der Waals surface area contributed by atoms with Gasteiger partial charge < -0.3 is 5.32 Å². The molecule has 0 spiro atoms. The fourth-order valence-electron chi connectivity index (χ4n) is 0.931. The smallest absolute Gasteiger partial charge is 0.318 e. The summed E-state index contributed by atoms with van der Waals surface area (Å²) in [6.07, 6.45) is -4.90. The van der Waals surface area contributed by atoms with Crippen LogP contribution in [-0.4, -0.2) is 12.1 Å². The molecular formula is C10H7BrF3NO. The predicted octanol–water partition coefficient (Wildman–Crippen LogP) is 3.10. The average Bonchev–Trinajstić information content (AvgIpc) is 2.17. The SMILES string of the molecule is C=C(NC(=O)C(F)(F)F)c1ccc(Br)cc1. The maximum Gasteiger partial charge on any atom is 0.471 e. The fraction of sp³-hybridized carbons (Fsp3) is 0.100. The Morgan fingerprint density at radius 1 is 1.25 bits per heavy atom. The summed E-state index contributed by atoms with van der Waals surface area (Å²) >= 11 is 3.18. The van der Waals surface area contributed by atoms with Crippen LogP contribution in [0.3, 0.4) is 0 Å². The third-order valence-electron chi connectivity index (χ3n) is 1.71. The fourth-order valence-corrected chi connectivity index (χ4v) is 1.20. The van der Waals surface area contributed by atoms with E-state index in [-0.39, 0.29) is 5.70 Å². The Kier molecular flexibility index (Phi) is 3.74. The number of alkyl halides is 3. The van der Waals surface area contributed by atoms with Crippen molar-refractivity contribution in [2.24, 2.45) is 0 Å². The van der Waals surface area contributed by atoms with Gasteiger partial charge in [-0.05, 0) is 17.7 Å². The molecule has 1 aromatic carbocycles. The largest absolute Gasteiger partial charge is 0.471 e. The van der Waals surface area contributed by atoms with Gasteiger partial charge in [-0.15, -0.1) is 0 Å². The number of halogens is 4. The number of amides is 1. The lowest BCUT2D eigenvalue weighted by Crippen LogP contribution is -2.35. The van der Waals surface area contributed by atoms with Crippen LogP contribution in [0.1, 0.15) is 5.56 Å². The van der Waals surface area contributed by atoms with Crippen molar-refractivity contribution in [1.29, 1.82) is 0 Å². The van der Waals surface area contributed by atoms with E-state index in [4.69, 9.17) is 0 Å². The molecular weight excluding hydrogens is 287 g/mol. The van der Waals surface area contributed by atoms with Crippen LogP contribution < -0.4 is 5.32 Å². The first kappa shape index (κ1) is 12.8. The molecule has 1 aromatic rings. The van der Waals surface area contributed by atoms with E-state index >= 15 is 0 Å². The van der Waals surface area contributed by atoms with Crippen LogP contribution in [0.25, 0.3) is 5.70 Å². The second kappa shape index (κ2) is 4.69. The first-order chi connectivity index (χ1) is 7.30. The van der Waals surface area contributed by atoms with E-state index in [2.05, 4.69) is 22.5 Å². The minimum Gasteiger partial charge on any atom is -0.318 e. The molecule has 0 aromatic heterocycles. The molecule has 0 saturated heterocycles. The number of carbonyl (C=O) groups excluding carboxylic acids is 1. The number of carbonyl (C=O) groups is 1. The number of hydrogen-bond acceptors (Lipinski definition) is 1. The lowest BCUT2D eigenvalue weighted by atomic mass is 10.2. The van der Waals surface area contributed by atoms with Crippen molar-refractivity contribution in [1.82, 2.24) is 5.32 Å². The second-order valence-corrected chi connectivity index (χ2v) is 3.85. The van der Waals surface area contributed by atoms with Gasteiger partial charge in [-0.3, -0.25) is 4.79 Å². The number of benzene rings is 1. The molecule has 6 heteroatoms. The molecule has 16 heavy (non-hydrogen) atoms. The van der Waals surface area contributed by atoms with Crippen LogP contribution >= 0.6 is 15.9 Å². The van der Waals surface area contributed by atoms with Crippen molar-refractivity contribution in [3.8, 4) is 0 Å². The summed E-state index contributed by atoms with van der Waals surface area (Å²) in [6.45, 7) is 3.36. The molecule has 86 valence electrons. The molecule has 1 rings (SSSR count). The van der Waals surface area contributed by atoms with Crippen LogP contribution in [0.15, 0.2) is 35.3 Å². The highest BCUT2D eigenvalue weighted by Gasteiger charge is 2.38. The average molecular weight is 294 g/mol. The number of hydrogen-bond donors (Lipinski definition) is 1. The summed E-state index contributed by atoms with van der Waals surface area (Å²) in [7, 11) is 0. The van der Waals surface area contributed by atoms with Crippen molar-refractivity contribution < 1.29 is 18.0 Å². The Morgan fingerprint density at radius 2 is 1.75 bits per heavy atom. The van der Waals surface area contributed by atoms with E-state index < -0.39 is 12.1 Å². The first-order valence-electron chi connectivity index (χ1n) is 4.13. The van der Waals surface area contributed by atoms with Gasteiger partial charge in [-0.2, -0.15) is 13.2 Å². The highest BCUT2D eigenvalue weighted by molar-refractivity contribution is 9.10. The van der Waals surface area contributed by atoms with E-state index in [1.54, 1.807) is 29.6 Å². The minimum atomic E-state index is -4.90. The Hall–Kier alpha value is -1.30. The molecule has 0 bridgehead atoms. The van der Waals surface area contributed by atoms with E-state index in [1.807, 2.05) is 0 Å². The van der Waals surface area contributed by atoms with Gasteiger partial charge in [0.05, 0.1) is 0 Å². The van der Waals surface area contributed by atoms with Crippen LogP contribution in [0.2, 0.25) is 0 Å². The predicted molar refractivity (Wildman–Crippen MR) is 57.4 cm³/mol. The standard InChI is InChI=1S/C10H7BrF3NO/c1-6(15-9(16)10(12,13)14)7-2-4-8(11)5-3-7/h2-5H,1H2,(H,15,16). The summed E-state index contributed by atoms with van der Waals surface area (Å²) in [5.41, 5.74) is 0.329. The quantitative estimate of drug-likeness (QED) is 0.892. The number of nitrogens with one attached hydrogen (secondary N) is 1. The summed E-state index contributed by atoms with van der Waals surface area (Å²) in [6, 6.07) is 6.37. The Labute approximate surface area is 98.3 Å². The molecule has 2 nitrogen and oxygen atoms in total. The van der Waals surface area contributed by atoms with E-state index in [0.717, 1.165) is 4.47 Å². The van der Waals surface area contributed by atoms with Crippen molar-refractivity contribution in [3.63, 3.8) is 0 Å². The van der Waals surface area contributed by atoms with Crippen LogP contribution in [-0.2, 0) is 4.79 Å². The van der Waals surface area contributed by atoms with E-state index in [1.165, 1.54) is 0 Å². The zero-order chi connectivity index (χ0) is 12.3. The maximum absolute atomic E-state index is 11.9. The zero-order valence-electron chi connectivity index (χ0n) is 7.94. The van der Waals surface area contributed by atoms with Gasteiger partial charge in [0.15, 0.2) is 0 Å². The molecule has 0 unspecified atom stereocenters. The van der Waals surface area contributed by atoms with Gasteiger partial charge in [-0.25, -0.2) is 0 Å². The van der Waals surface area contributed by atoms with Crippen LogP contribution in [0, 0.1) is 0 Å². The molecule has 0 heterocycles. The Bertz CT molecular complexity index is 411. The lowest BCUT2D eigenvalue weighted by molar-refractivity contribution is -0.172. The van der Waals surface area contributed by atoms with Gasteiger partial charge in [0.1, 0.15) is 0 Å². The van der Waals surface area contributed by atoms with Crippen molar-refractivity contribution in [2.45, 2.75) is 6.18 Å². The van der Waals surface area contributed by atoms with Gasteiger partial charge >= 0.3 is 12.1 Å². The molecule has 0 fully saturated rings. The van der Waals surface area contributed by atoms with Crippen molar-refractivity contribution in [3.05, 3.63) is 40.9 Å². The maximum atomic E-state index is 11.9. The normalized spacial score (nSPS) is 11.0. The Balaban J connectivity index is 2.74. The topological polar surface area (TPSA) is 29.1 Å². The van der Waals surface area contributed by atoms with E-state index in [0.29, 0.717) is 5.56 Å². The van der Waals surface area contributed by atoms with E-state index in [9.17, 15) is 18.0 Å². The van der Waals surface area contributed by atoms with Crippen molar-refractivity contribution in [2.75, 3.05) is 0 Å². The van der Waals surface area contributed by atoms with Gasteiger partial charge in [0, 0.05) is 10.2 Å². The third kappa shape index (κ3) is 3.37. The third-order valence-corrected chi connectivity index (χ3v) is 2.24. The first-order valence-corrected chi connectivity index (χ1v) is 4.93. The molecule has 1 N–H and O–H groups in total. The molecule has 0 atom stereocenters. The number of rotatable bonds is 2. The van der Waals surface area contributed by atoms with Crippen molar-refractivity contribution >= 4 is 27.5 Å². The van der Waals surface area contributed by atoms with Crippen LogP contribution in [0.4, 0.5) is 13.2 Å². The van der Waals surface area contributed by atoms with Crippen LogP contribution in [0.5, 0.6) is 0 Å². The lowest BCUT2D eigenvalue weighted by Gasteiger charge is -2.10. The van der Waals surface area contributed by atoms with Gasteiger partial charge in [-0.1, -0.05) is 34.6 Å². The Morgan fingerprint density at radius 3 is 2.19 bits per heavy atom. The summed E-state index contributed by atoms with van der Waals surface area (Å²) in [5, 5.41) is 1.68. The second-order valence-electron chi connectivity index (χ2n) is 2.94. The molecule has 0 aliphatic heterocycles. The summed E-state index contributed by atoms with van der Waals surface area (Å²) in [5.74, 6) is -2.03. The minimum absolute atomic E-state index is 0.0881. The highest BCUT2D eigenvalue weighted by atomic mass is 79.9.